The van der Waals surface area contributed by atoms with Crippen LogP contribution in [0.25, 0.3) is 0 Å². The van der Waals surface area contributed by atoms with E-state index in [1.54, 1.807) is 0 Å². The molecule has 0 N–H and O–H groups in total. The van der Waals surface area contributed by atoms with Crippen LogP contribution in [0.3, 0.4) is 0 Å². The smallest absolute Gasteiger partial charge is 0.143 e. The molecule has 0 unspecified atom stereocenters. The van der Waals surface area contributed by atoms with Crippen molar-refractivity contribution in [3.63, 3.8) is 0 Å². The van der Waals surface area contributed by atoms with Crippen molar-refractivity contribution in [2.45, 2.75) is 0 Å². The highest BCUT2D eigenvalue weighted by Crippen LogP contribution is 1.85. The molecule has 2 rings (SSSR count). The predicted octanol–water partition coefficient (Wildman–Crippen LogP) is -0.452. The van der Waals surface area contributed by atoms with Gasteiger partial charge < -0.3 is 0 Å². The quantitative estimate of drug-likeness (QED) is 0.562. The molecule has 2 heterocycles. The van der Waals surface area contributed by atoms with E-state index in [1.165, 1.54) is 34.7 Å². The Hall–Kier alpha value is -2.12. The number of hydrogen-bond acceptors (Lipinski definition) is 6. The molecule has 0 fully saturated rings. The lowest BCUT2D eigenvalue weighted by Crippen LogP contribution is -1.85. The summed E-state index contributed by atoms with van der Waals surface area (Å²) in [6.45, 7) is 0. The Balaban J connectivity index is 2.14. The maximum absolute atomic E-state index is 3.71. The fourth-order valence-electron chi connectivity index (χ4n) is 0.575. The first-order valence-corrected chi connectivity index (χ1v) is 3.07. The average Bonchev–Trinajstić information content (AvgIpc) is 2.74. The zero-order valence-electron chi connectivity index (χ0n) is 5.89. The van der Waals surface area contributed by atoms with Gasteiger partial charge in [-0.25, -0.2) is 0 Å². The van der Waals surface area contributed by atoms with Gasteiger partial charge in [0.15, 0.2) is 0 Å². The molecule has 0 saturated carbocycles. The van der Waals surface area contributed by atoms with Gasteiger partial charge in [0.25, 0.3) is 0 Å². The van der Waals surface area contributed by atoms with Crippen molar-refractivity contribution in [2.24, 2.45) is 10.4 Å². The van der Waals surface area contributed by atoms with Crippen LogP contribution in [0.2, 0.25) is 0 Å². The number of rotatable bonds is 2. The van der Waals surface area contributed by atoms with Crippen LogP contribution in [0.15, 0.2) is 35.8 Å². The largest absolute Gasteiger partial charge is 0.188 e. The van der Waals surface area contributed by atoms with E-state index in [-0.39, 0.29) is 0 Å². The minimum atomic E-state index is 1.36. The first kappa shape index (κ1) is 6.58. The SMILES string of the molecule is c1nncn1N=Nn1cnnc1. The fourth-order valence-corrected chi connectivity index (χ4v) is 0.575. The van der Waals surface area contributed by atoms with Crippen molar-refractivity contribution < 1.29 is 0 Å². The summed E-state index contributed by atoms with van der Waals surface area (Å²) in [6.07, 6.45) is 5.70. The zero-order valence-corrected chi connectivity index (χ0v) is 5.89. The maximum atomic E-state index is 3.71. The van der Waals surface area contributed by atoms with Crippen molar-refractivity contribution >= 4 is 0 Å². The Morgan fingerprint density at radius 3 is 1.33 bits per heavy atom. The minimum absolute atomic E-state index is 1.36. The van der Waals surface area contributed by atoms with E-state index in [2.05, 4.69) is 30.8 Å². The third kappa shape index (κ3) is 1.31. The zero-order chi connectivity index (χ0) is 8.23. The Bertz CT molecular complexity index is 308. The molecule has 0 aliphatic carbocycles. The van der Waals surface area contributed by atoms with E-state index in [4.69, 9.17) is 0 Å². The van der Waals surface area contributed by atoms with Crippen molar-refractivity contribution in [1.29, 1.82) is 0 Å². The van der Waals surface area contributed by atoms with E-state index in [1.807, 2.05) is 0 Å². The van der Waals surface area contributed by atoms with Gasteiger partial charge in [0.1, 0.15) is 25.3 Å². The Morgan fingerprint density at radius 1 is 0.667 bits per heavy atom. The highest BCUT2D eigenvalue weighted by molar-refractivity contribution is 4.58. The Kier molecular flexibility index (Phi) is 1.57. The van der Waals surface area contributed by atoms with Crippen molar-refractivity contribution in [1.82, 2.24) is 29.7 Å². The molecule has 12 heavy (non-hydrogen) atoms. The van der Waals surface area contributed by atoms with Gasteiger partial charge in [0, 0.05) is 0 Å². The van der Waals surface area contributed by atoms with Crippen LogP contribution in [-0.4, -0.2) is 29.7 Å². The minimum Gasteiger partial charge on any atom is -0.188 e. The van der Waals surface area contributed by atoms with E-state index >= 15 is 0 Å². The lowest BCUT2D eigenvalue weighted by molar-refractivity contribution is 0.682. The second-order valence-corrected chi connectivity index (χ2v) is 1.86. The molecule has 0 saturated heterocycles. The third-order valence-corrected chi connectivity index (χ3v) is 1.06. The molecule has 2 aromatic rings. The molecule has 0 radical (unpaired) electrons. The molecule has 0 spiro atoms. The second-order valence-electron chi connectivity index (χ2n) is 1.86. The Morgan fingerprint density at radius 2 is 1.00 bits per heavy atom. The summed E-state index contributed by atoms with van der Waals surface area (Å²) in [5, 5.41) is 21.6. The molecule has 0 bridgehead atoms. The molecule has 8 nitrogen and oxygen atoms in total. The van der Waals surface area contributed by atoms with Gasteiger partial charge in [-0.2, -0.15) is 9.35 Å². The number of aromatic nitrogens is 6. The summed E-state index contributed by atoms with van der Waals surface area (Å²) in [5.74, 6) is 0. The van der Waals surface area contributed by atoms with Gasteiger partial charge in [-0.3, -0.25) is 0 Å². The van der Waals surface area contributed by atoms with Crippen LogP contribution in [0.1, 0.15) is 0 Å². The standard InChI is InChI=1S/C4H4N8/c1-5-6-2-11(1)9-10-12-3-7-8-4-12/h1-4H. The lowest BCUT2D eigenvalue weighted by Gasteiger charge is -1.86. The van der Waals surface area contributed by atoms with E-state index < -0.39 is 0 Å². The molecule has 8 heteroatoms. The van der Waals surface area contributed by atoms with E-state index in [0.29, 0.717) is 0 Å². The highest BCUT2D eigenvalue weighted by Gasteiger charge is 1.85. The summed E-state index contributed by atoms with van der Waals surface area (Å²) >= 11 is 0. The predicted molar refractivity (Wildman–Crippen MR) is 35.7 cm³/mol. The van der Waals surface area contributed by atoms with Gasteiger partial charge in [-0.05, 0) is 10.4 Å². The van der Waals surface area contributed by atoms with Crippen LogP contribution in [0, 0.1) is 0 Å². The summed E-state index contributed by atoms with van der Waals surface area (Å²) < 4.78 is 2.72. The first-order valence-electron chi connectivity index (χ1n) is 3.07. The molecule has 0 atom stereocenters. The van der Waals surface area contributed by atoms with Gasteiger partial charge in [-0.1, -0.05) is 0 Å². The van der Waals surface area contributed by atoms with Crippen molar-refractivity contribution in [3.05, 3.63) is 25.3 Å². The summed E-state index contributed by atoms with van der Waals surface area (Å²) in [5.41, 5.74) is 0. The topological polar surface area (TPSA) is 86.1 Å². The van der Waals surface area contributed by atoms with Crippen molar-refractivity contribution in [3.8, 4) is 0 Å². The molecule has 0 aliphatic rings. The number of nitrogens with zero attached hydrogens (tertiary/aromatic N) is 8. The van der Waals surface area contributed by atoms with Crippen LogP contribution in [-0.2, 0) is 0 Å². The normalized spacial score (nSPS) is 11.0. The molecular formula is C4H4N8. The Labute approximate surface area is 66.5 Å². The fraction of sp³-hybridized carbons (Fsp3) is 0. The highest BCUT2D eigenvalue weighted by atomic mass is 15.6. The average molecular weight is 164 g/mol. The van der Waals surface area contributed by atoms with Gasteiger partial charge in [0.2, 0.25) is 0 Å². The lowest BCUT2D eigenvalue weighted by atomic mass is 11.2. The summed E-state index contributed by atoms with van der Waals surface area (Å²) in [6, 6.07) is 0. The molecule has 2 aromatic heterocycles. The van der Waals surface area contributed by atoms with Crippen LogP contribution in [0.4, 0.5) is 0 Å². The molecule has 0 amide bonds. The van der Waals surface area contributed by atoms with E-state index in [9.17, 15) is 0 Å². The third-order valence-electron chi connectivity index (χ3n) is 1.06. The maximum Gasteiger partial charge on any atom is 0.143 e. The molecular weight excluding hydrogens is 160 g/mol. The number of hydrogen-bond donors (Lipinski definition) is 0. The van der Waals surface area contributed by atoms with Crippen LogP contribution in [0.5, 0.6) is 0 Å². The second kappa shape index (κ2) is 2.86. The van der Waals surface area contributed by atoms with Gasteiger partial charge >= 0.3 is 0 Å². The van der Waals surface area contributed by atoms with E-state index in [0.717, 1.165) is 0 Å². The summed E-state index contributed by atoms with van der Waals surface area (Å²) in [7, 11) is 0. The van der Waals surface area contributed by atoms with Gasteiger partial charge in [-0.15, -0.1) is 20.4 Å². The molecule has 0 aliphatic heterocycles. The monoisotopic (exact) mass is 164 g/mol. The molecule has 60 valence electrons. The van der Waals surface area contributed by atoms with Crippen molar-refractivity contribution in [2.75, 3.05) is 0 Å². The summed E-state index contributed by atoms with van der Waals surface area (Å²) in [4.78, 5) is 0. The van der Waals surface area contributed by atoms with Gasteiger partial charge in [0.05, 0.1) is 0 Å². The van der Waals surface area contributed by atoms with Crippen LogP contribution >= 0.6 is 0 Å². The first-order chi connectivity index (χ1) is 5.95. The molecule has 0 aromatic carbocycles. The van der Waals surface area contributed by atoms with Crippen LogP contribution < -0.4 is 0 Å².